The predicted molar refractivity (Wildman–Crippen MR) is 127 cm³/mol. The fourth-order valence-corrected chi connectivity index (χ4v) is 3.76. The normalized spacial score (nSPS) is 11.2. The van der Waals surface area contributed by atoms with Crippen LogP contribution in [0, 0.1) is 10.1 Å². The molecule has 0 aliphatic carbocycles. The number of carbonyl (C=O) groups is 1. The number of hydrogen-bond donors (Lipinski definition) is 1. The molecule has 0 aliphatic heterocycles. The molecule has 0 saturated heterocycles. The van der Waals surface area contributed by atoms with E-state index in [2.05, 4.69) is 20.7 Å². The number of para-hydroxylation sites is 1. The van der Waals surface area contributed by atoms with E-state index < -0.39 is 4.92 Å². The highest BCUT2D eigenvalue weighted by Gasteiger charge is 2.20. The highest BCUT2D eigenvalue weighted by Crippen LogP contribution is 2.29. The summed E-state index contributed by atoms with van der Waals surface area (Å²) < 4.78 is 1.85. The molecule has 33 heavy (non-hydrogen) atoms. The Labute approximate surface area is 193 Å². The summed E-state index contributed by atoms with van der Waals surface area (Å²) in [7, 11) is 0. The molecule has 0 aliphatic rings. The number of nitrogens with zero attached hydrogens (tertiary/aromatic N) is 5. The topological polar surface area (TPSA) is 115 Å². The summed E-state index contributed by atoms with van der Waals surface area (Å²) in [5.41, 5.74) is 4.73. The Morgan fingerprint density at radius 2 is 1.70 bits per heavy atom. The number of hydrogen-bond acceptors (Lipinski definition) is 8. The van der Waals surface area contributed by atoms with Gasteiger partial charge >= 0.3 is 0 Å². The SMILES string of the molecule is CC(=O)C(=NNc1cccc([N+](=O)[O-])c1)Sc1nnc(-c2ccccc2)n1-c1ccccc1. The Balaban J connectivity index is 1.70. The molecule has 1 heterocycles. The second-order valence-corrected chi connectivity index (χ2v) is 7.79. The molecule has 1 N–H and O–H groups in total. The van der Waals surface area contributed by atoms with E-state index in [1.807, 2.05) is 65.2 Å². The molecule has 0 atom stereocenters. The average Bonchev–Trinajstić information content (AvgIpc) is 3.26. The monoisotopic (exact) mass is 458 g/mol. The van der Waals surface area contributed by atoms with Crippen molar-refractivity contribution in [3.63, 3.8) is 0 Å². The lowest BCUT2D eigenvalue weighted by Gasteiger charge is -2.10. The first-order valence-corrected chi connectivity index (χ1v) is 10.7. The van der Waals surface area contributed by atoms with Crippen molar-refractivity contribution in [2.45, 2.75) is 12.1 Å². The second kappa shape index (κ2) is 9.88. The lowest BCUT2D eigenvalue weighted by molar-refractivity contribution is -0.384. The molecular weight excluding hydrogens is 440 g/mol. The predicted octanol–water partition coefficient (Wildman–Crippen LogP) is 4.95. The van der Waals surface area contributed by atoms with Gasteiger partial charge in [-0.05, 0) is 30.0 Å². The highest BCUT2D eigenvalue weighted by atomic mass is 32.2. The van der Waals surface area contributed by atoms with Crippen LogP contribution in [-0.4, -0.2) is 30.5 Å². The van der Waals surface area contributed by atoms with Gasteiger partial charge in [-0.3, -0.25) is 24.9 Å². The fourth-order valence-electron chi connectivity index (χ4n) is 2.98. The van der Waals surface area contributed by atoms with E-state index >= 15 is 0 Å². The summed E-state index contributed by atoms with van der Waals surface area (Å²) in [5.74, 6) is 0.334. The van der Waals surface area contributed by atoms with Gasteiger partial charge in [0.2, 0.25) is 5.16 Å². The minimum atomic E-state index is -0.497. The largest absolute Gasteiger partial charge is 0.292 e. The first-order valence-electron chi connectivity index (χ1n) is 9.86. The summed E-state index contributed by atoms with van der Waals surface area (Å²) in [5, 5.41) is 24.4. The maximum atomic E-state index is 12.3. The maximum absolute atomic E-state index is 12.3. The van der Waals surface area contributed by atoms with Gasteiger partial charge in [-0.25, -0.2) is 0 Å². The van der Waals surface area contributed by atoms with E-state index in [-0.39, 0.29) is 16.5 Å². The average molecular weight is 459 g/mol. The van der Waals surface area contributed by atoms with Crippen molar-refractivity contribution in [3.8, 4) is 17.1 Å². The van der Waals surface area contributed by atoms with Crippen molar-refractivity contribution < 1.29 is 9.72 Å². The van der Waals surface area contributed by atoms with Crippen LogP contribution in [0.25, 0.3) is 17.1 Å². The Morgan fingerprint density at radius 1 is 1.00 bits per heavy atom. The first-order chi connectivity index (χ1) is 16.0. The summed E-state index contributed by atoms with van der Waals surface area (Å²) in [6.45, 7) is 1.39. The van der Waals surface area contributed by atoms with Gasteiger partial charge in [0.05, 0.1) is 10.6 Å². The minimum Gasteiger partial charge on any atom is -0.292 e. The number of rotatable bonds is 7. The van der Waals surface area contributed by atoms with Crippen molar-refractivity contribution >= 4 is 34.0 Å². The Bertz CT molecular complexity index is 1320. The molecule has 0 radical (unpaired) electrons. The minimum absolute atomic E-state index is 0.0800. The summed E-state index contributed by atoms with van der Waals surface area (Å²) in [4.78, 5) is 22.8. The van der Waals surface area contributed by atoms with Crippen LogP contribution in [0.1, 0.15) is 6.92 Å². The highest BCUT2D eigenvalue weighted by molar-refractivity contribution is 8.15. The number of thioether (sulfide) groups is 1. The van der Waals surface area contributed by atoms with E-state index in [1.54, 1.807) is 6.07 Å². The number of aromatic nitrogens is 3. The van der Waals surface area contributed by atoms with Crippen molar-refractivity contribution in [2.24, 2.45) is 5.10 Å². The molecule has 9 nitrogen and oxygen atoms in total. The van der Waals surface area contributed by atoms with Gasteiger partial charge in [0, 0.05) is 30.3 Å². The van der Waals surface area contributed by atoms with Gasteiger partial charge in [0.25, 0.3) is 5.69 Å². The number of nitro groups is 1. The zero-order valence-corrected chi connectivity index (χ0v) is 18.3. The van der Waals surface area contributed by atoms with E-state index in [0.717, 1.165) is 23.0 Å². The summed E-state index contributed by atoms with van der Waals surface area (Å²) in [6, 6.07) is 25.1. The number of anilines is 1. The van der Waals surface area contributed by atoms with Crippen molar-refractivity contribution in [2.75, 3.05) is 5.43 Å². The Hall–Kier alpha value is -4.31. The van der Waals surface area contributed by atoms with Crippen molar-refractivity contribution in [1.29, 1.82) is 0 Å². The quantitative estimate of drug-likeness (QED) is 0.137. The molecule has 3 aromatic carbocycles. The number of Topliss-reactive ketones (excluding diaryl/α,β-unsaturated/α-hetero) is 1. The van der Waals surface area contributed by atoms with Crippen LogP contribution in [0.15, 0.2) is 95.2 Å². The van der Waals surface area contributed by atoms with Crippen molar-refractivity contribution in [3.05, 3.63) is 95.0 Å². The number of nitrogens with one attached hydrogen (secondary N) is 1. The molecule has 0 amide bonds. The van der Waals surface area contributed by atoms with Gasteiger partial charge < -0.3 is 0 Å². The smallest absolute Gasteiger partial charge is 0.271 e. The number of nitro benzene ring substituents is 1. The standard InChI is InChI=1S/C23H18N6O3S/c1-16(30)22(26-24-18-11-8-14-20(15-18)29(31)32)33-23-27-25-21(17-9-4-2-5-10-17)28(23)19-12-6-3-7-13-19/h2-15,24H,1H3. The van der Waals surface area contributed by atoms with Crippen LogP contribution in [0.5, 0.6) is 0 Å². The molecular formula is C23H18N6O3S. The van der Waals surface area contributed by atoms with Gasteiger partial charge in [-0.1, -0.05) is 54.6 Å². The number of benzene rings is 3. The van der Waals surface area contributed by atoms with E-state index in [9.17, 15) is 14.9 Å². The Morgan fingerprint density at radius 3 is 2.36 bits per heavy atom. The van der Waals surface area contributed by atoms with Crippen LogP contribution >= 0.6 is 11.8 Å². The molecule has 0 fully saturated rings. The van der Waals surface area contributed by atoms with Gasteiger partial charge in [-0.2, -0.15) is 5.10 Å². The molecule has 4 rings (SSSR count). The number of non-ortho nitro benzene ring substituents is 1. The molecule has 0 bridgehead atoms. The maximum Gasteiger partial charge on any atom is 0.271 e. The zero-order valence-electron chi connectivity index (χ0n) is 17.5. The zero-order chi connectivity index (χ0) is 23.2. The van der Waals surface area contributed by atoms with Crippen LogP contribution in [0.3, 0.4) is 0 Å². The molecule has 4 aromatic rings. The third-order valence-corrected chi connectivity index (χ3v) is 5.53. The van der Waals surface area contributed by atoms with Crippen molar-refractivity contribution in [1.82, 2.24) is 14.8 Å². The molecule has 164 valence electrons. The molecule has 1 aromatic heterocycles. The first kappa shape index (κ1) is 21.9. The summed E-state index contributed by atoms with van der Waals surface area (Å²) >= 11 is 1.06. The van der Waals surface area contributed by atoms with Crippen LogP contribution in [0.4, 0.5) is 11.4 Å². The van der Waals surface area contributed by atoms with Crippen LogP contribution < -0.4 is 5.43 Å². The van der Waals surface area contributed by atoms with Crippen LogP contribution in [0.2, 0.25) is 0 Å². The third kappa shape index (κ3) is 5.13. The third-order valence-electron chi connectivity index (χ3n) is 4.51. The molecule has 10 heteroatoms. The number of hydrazone groups is 1. The van der Waals surface area contributed by atoms with Gasteiger partial charge in [-0.15, -0.1) is 10.2 Å². The lowest BCUT2D eigenvalue weighted by Crippen LogP contribution is -2.10. The van der Waals surface area contributed by atoms with E-state index in [0.29, 0.717) is 16.7 Å². The second-order valence-electron chi connectivity index (χ2n) is 6.84. The number of ketones is 1. The Kier molecular flexibility index (Phi) is 6.56. The van der Waals surface area contributed by atoms with Crippen LogP contribution in [-0.2, 0) is 4.79 Å². The lowest BCUT2D eigenvalue weighted by atomic mass is 10.2. The van der Waals surface area contributed by atoms with Gasteiger partial charge in [0.1, 0.15) is 0 Å². The molecule has 0 saturated carbocycles. The van der Waals surface area contributed by atoms with E-state index in [1.165, 1.54) is 25.1 Å². The van der Waals surface area contributed by atoms with E-state index in [4.69, 9.17) is 0 Å². The summed E-state index contributed by atoms with van der Waals surface area (Å²) in [6.07, 6.45) is 0. The molecule has 0 unspecified atom stereocenters. The number of carbonyl (C=O) groups excluding carboxylic acids is 1. The van der Waals surface area contributed by atoms with Gasteiger partial charge in [0.15, 0.2) is 16.7 Å². The molecule has 0 spiro atoms. The fraction of sp³-hybridized carbons (Fsp3) is 0.0435.